The largest absolute Gasteiger partial charge is 0.478 e. The number of hydrogen-bond donors (Lipinski definition) is 1. The summed E-state index contributed by atoms with van der Waals surface area (Å²) in [4.78, 5) is 10.7. The standard InChI is InChI=1S/C9H5BrFNO2/c10-3-5-1-2-6(4-12)8(11)7(5)9(13)14/h1-2H,3H2,(H,13,14). The van der Waals surface area contributed by atoms with Crippen LogP contribution in [0.2, 0.25) is 0 Å². The van der Waals surface area contributed by atoms with Crippen LogP contribution in [0.1, 0.15) is 21.5 Å². The number of aromatic carboxylic acids is 1. The lowest BCUT2D eigenvalue weighted by Crippen LogP contribution is -2.06. The lowest BCUT2D eigenvalue weighted by molar-refractivity contribution is 0.0691. The van der Waals surface area contributed by atoms with Crippen LogP contribution in [0.4, 0.5) is 4.39 Å². The third kappa shape index (κ3) is 1.75. The minimum atomic E-state index is -1.37. The molecule has 1 rings (SSSR count). The van der Waals surface area contributed by atoms with Crippen molar-refractivity contribution in [2.45, 2.75) is 5.33 Å². The van der Waals surface area contributed by atoms with Gasteiger partial charge in [0.1, 0.15) is 11.6 Å². The average Bonchev–Trinajstić information content (AvgIpc) is 2.16. The minimum Gasteiger partial charge on any atom is -0.478 e. The molecule has 72 valence electrons. The van der Waals surface area contributed by atoms with Gasteiger partial charge in [-0.1, -0.05) is 22.0 Å². The molecule has 0 fully saturated rings. The molecule has 14 heavy (non-hydrogen) atoms. The molecule has 0 amide bonds. The first-order chi connectivity index (χ1) is 6.61. The molecular weight excluding hydrogens is 253 g/mol. The molecule has 0 aromatic heterocycles. The van der Waals surface area contributed by atoms with Crippen molar-refractivity contribution in [1.82, 2.24) is 0 Å². The van der Waals surface area contributed by atoms with Crippen LogP contribution in [-0.4, -0.2) is 11.1 Å². The van der Waals surface area contributed by atoms with Gasteiger partial charge < -0.3 is 5.11 Å². The zero-order chi connectivity index (χ0) is 10.7. The number of alkyl halides is 1. The maximum atomic E-state index is 13.3. The fraction of sp³-hybridized carbons (Fsp3) is 0.111. The van der Waals surface area contributed by atoms with E-state index in [9.17, 15) is 9.18 Å². The molecule has 5 heteroatoms. The fourth-order valence-corrected chi connectivity index (χ4v) is 1.51. The van der Waals surface area contributed by atoms with Crippen LogP contribution in [0.3, 0.4) is 0 Å². The number of nitrogens with zero attached hydrogens (tertiary/aromatic N) is 1. The Morgan fingerprint density at radius 1 is 1.64 bits per heavy atom. The van der Waals surface area contributed by atoms with E-state index in [-0.39, 0.29) is 10.9 Å². The summed E-state index contributed by atoms with van der Waals surface area (Å²) in [5, 5.41) is 17.5. The number of halogens is 2. The molecule has 0 heterocycles. The molecule has 0 radical (unpaired) electrons. The van der Waals surface area contributed by atoms with Crippen molar-refractivity contribution >= 4 is 21.9 Å². The predicted molar refractivity (Wildman–Crippen MR) is 50.7 cm³/mol. The zero-order valence-corrected chi connectivity index (χ0v) is 8.51. The minimum absolute atomic E-state index is 0.233. The van der Waals surface area contributed by atoms with Crippen LogP contribution in [0, 0.1) is 17.1 Å². The zero-order valence-electron chi connectivity index (χ0n) is 6.92. The van der Waals surface area contributed by atoms with Gasteiger partial charge in [0.05, 0.1) is 5.56 Å². The van der Waals surface area contributed by atoms with Crippen LogP contribution in [0.15, 0.2) is 12.1 Å². The highest BCUT2D eigenvalue weighted by Crippen LogP contribution is 2.19. The summed E-state index contributed by atoms with van der Waals surface area (Å²) < 4.78 is 13.3. The molecule has 0 aliphatic rings. The SMILES string of the molecule is N#Cc1ccc(CBr)c(C(=O)O)c1F. The molecule has 0 bridgehead atoms. The molecule has 3 nitrogen and oxygen atoms in total. The van der Waals surface area contributed by atoms with E-state index in [4.69, 9.17) is 10.4 Å². The smallest absolute Gasteiger partial charge is 0.339 e. The summed E-state index contributed by atoms with van der Waals surface area (Å²) in [6, 6.07) is 4.27. The molecule has 1 N–H and O–H groups in total. The Morgan fingerprint density at radius 2 is 2.29 bits per heavy atom. The summed E-state index contributed by atoms with van der Waals surface area (Å²) in [5.74, 6) is -2.34. The van der Waals surface area contributed by atoms with Gasteiger partial charge in [0.25, 0.3) is 0 Å². The van der Waals surface area contributed by atoms with Crippen molar-refractivity contribution in [2.75, 3.05) is 0 Å². The van der Waals surface area contributed by atoms with Gasteiger partial charge >= 0.3 is 5.97 Å². The van der Waals surface area contributed by atoms with Gasteiger partial charge in [0.15, 0.2) is 5.82 Å². The van der Waals surface area contributed by atoms with Crippen molar-refractivity contribution < 1.29 is 14.3 Å². The predicted octanol–water partition coefficient (Wildman–Crippen LogP) is 2.29. The van der Waals surface area contributed by atoms with Gasteiger partial charge in [0, 0.05) is 5.33 Å². The van der Waals surface area contributed by atoms with Gasteiger partial charge in [0.2, 0.25) is 0 Å². The molecule has 1 aromatic rings. The van der Waals surface area contributed by atoms with Crippen LogP contribution in [-0.2, 0) is 5.33 Å². The van der Waals surface area contributed by atoms with Gasteiger partial charge in [-0.2, -0.15) is 5.26 Å². The van der Waals surface area contributed by atoms with Gasteiger partial charge in [-0.3, -0.25) is 0 Å². The first kappa shape index (κ1) is 10.7. The first-order valence-corrected chi connectivity index (χ1v) is 4.74. The third-order valence-electron chi connectivity index (χ3n) is 1.71. The molecule has 0 spiro atoms. The summed E-state index contributed by atoms with van der Waals surface area (Å²) in [7, 11) is 0. The van der Waals surface area contributed by atoms with E-state index in [0.29, 0.717) is 5.56 Å². The van der Waals surface area contributed by atoms with Crippen LogP contribution in [0.5, 0.6) is 0 Å². The number of benzene rings is 1. The highest BCUT2D eigenvalue weighted by Gasteiger charge is 2.18. The molecule has 0 saturated carbocycles. The number of carboxylic acid groups (broad SMARTS) is 1. The van der Waals surface area contributed by atoms with Crippen molar-refractivity contribution in [2.24, 2.45) is 0 Å². The van der Waals surface area contributed by atoms with Gasteiger partial charge in [-0.25, -0.2) is 9.18 Å². The first-order valence-electron chi connectivity index (χ1n) is 3.62. The second-order valence-corrected chi connectivity index (χ2v) is 3.07. The summed E-state index contributed by atoms with van der Waals surface area (Å²) in [5.41, 5.74) is -0.387. The van der Waals surface area contributed by atoms with Crippen LogP contribution >= 0.6 is 15.9 Å². The maximum absolute atomic E-state index is 13.3. The van der Waals surface area contributed by atoms with Crippen molar-refractivity contribution in [3.8, 4) is 6.07 Å². The molecule has 1 aromatic carbocycles. The quantitative estimate of drug-likeness (QED) is 0.828. The maximum Gasteiger partial charge on any atom is 0.339 e. The van der Waals surface area contributed by atoms with E-state index in [0.717, 1.165) is 0 Å². The Morgan fingerprint density at radius 3 is 2.71 bits per heavy atom. The van der Waals surface area contributed by atoms with Gasteiger partial charge in [-0.05, 0) is 11.6 Å². The summed E-state index contributed by atoms with van der Waals surface area (Å²) in [6.45, 7) is 0. The summed E-state index contributed by atoms with van der Waals surface area (Å²) in [6.07, 6.45) is 0. The fourth-order valence-electron chi connectivity index (χ4n) is 1.04. The average molecular weight is 258 g/mol. The summed E-state index contributed by atoms with van der Waals surface area (Å²) >= 11 is 3.04. The van der Waals surface area contributed by atoms with Crippen molar-refractivity contribution in [3.63, 3.8) is 0 Å². The monoisotopic (exact) mass is 257 g/mol. The van der Waals surface area contributed by atoms with E-state index >= 15 is 0 Å². The second-order valence-electron chi connectivity index (χ2n) is 2.51. The molecule has 0 aliphatic carbocycles. The Kier molecular flexibility index (Phi) is 3.20. The second kappa shape index (κ2) is 4.20. The van der Waals surface area contributed by atoms with Crippen molar-refractivity contribution in [1.29, 1.82) is 5.26 Å². The number of nitriles is 1. The van der Waals surface area contributed by atoms with E-state index in [2.05, 4.69) is 15.9 Å². The number of hydrogen-bond acceptors (Lipinski definition) is 2. The molecule has 0 atom stereocenters. The van der Waals surface area contributed by atoms with Gasteiger partial charge in [-0.15, -0.1) is 0 Å². The number of carbonyl (C=O) groups is 1. The van der Waals surface area contributed by atoms with Crippen molar-refractivity contribution in [3.05, 3.63) is 34.6 Å². The highest BCUT2D eigenvalue weighted by atomic mass is 79.9. The molecule has 0 aliphatic heterocycles. The van der Waals surface area contributed by atoms with E-state index in [1.165, 1.54) is 12.1 Å². The Hall–Kier alpha value is -1.41. The van der Waals surface area contributed by atoms with E-state index < -0.39 is 17.3 Å². The molecule has 0 unspecified atom stereocenters. The molecule has 0 saturated heterocycles. The molecular formula is C9H5BrFNO2. The Bertz CT molecular complexity index is 426. The lowest BCUT2D eigenvalue weighted by Gasteiger charge is -2.04. The Labute approximate surface area is 87.9 Å². The third-order valence-corrected chi connectivity index (χ3v) is 2.31. The highest BCUT2D eigenvalue weighted by molar-refractivity contribution is 9.08. The number of rotatable bonds is 2. The normalized spacial score (nSPS) is 9.50. The van der Waals surface area contributed by atoms with Crippen LogP contribution < -0.4 is 0 Å². The topological polar surface area (TPSA) is 61.1 Å². The van der Waals surface area contributed by atoms with E-state index in [1.807, 2.05) is 0 Å². The lowest BCUT2D eigenvalue weighted by atomic mass is 10.0. The number of carboxylic acids is 1. The Balaban J connectivity index is 3.49. The van der Waals surface area contributed by atoms with E-state index in [1.54, 1.807) is 6.07 Å². The van der Waals surface area contributed by atoms with Crippen LogP contribution in [0.25, 0.3) is 0 Å².